The summed E-state index contributed by atoms with van der Waals surface area (Å²) in [5, 5.41) is 2.79. The summed E-state index contributed by atoms with van der Waals surface area (Å²) in [5.74, 6) is -0.283. The number of nitrogens with two attached hydrogens (primary N) is 1. The molecule has 3 N–H and O–H groups in total. The highest BCUT2D eigenvalue weighted by atomic mass is 16.3. The number of hydrogen-bond acceptors (Lipinski definition) is 5. The second kappa shape index (κ2) is 8.71. The quantitative estimate of drug-likeness (QED) is 0.744. The summed E-state index contributed by atoms with van der Waals surface area (Å²) in [7, 11) is 1.62. The van der Waals surface area contributed by atoms with Crippen molar-refractivity contribution < 1.29 is 18.8 Å². The minimum atomic E-state index is -0.413. The van der Waals surface area contributed by atoms with Gasteiger partial charge in [0.15, 0.2) is 0 Å². The van der Waals surface area contributed by atoms with Crippen LogP contribution in [0.4, 0.5) is 5.69 Å². The maximum absolute atomic E-state index is 12.8. The Labute approximate surface area is 163 Å². The number of nitrogens with one attached hydrogen (secondary N) is 1. The largest absolute Gasteiger partial charge is 0.467 e. The molecule has 3 rings (SSSR count). The Balaban J connectivity index is 1.69. The maximum atomic E-state index is 12.8. The number of rotatable bonds is 7. The number of amides is 3. The summed E-state index contributed by atoms with van der Waals surface area (Å²) in [6.07, 6.45) is 3.04. The van der Waals surface area contributed by atoms with Gasteiger partial charge in [-0.15, -0.1) is 0 Å². The third-order valence-electron chi connectivity index (χ3n) is 4.92. The molecule has 2 aromatic rings. The van der Waals surface area contributed by atoms with Gasteiger partial charge in [0.2, 0.25) is 11.8 Å². The van der Waals surface area contributed by atoms with E-state index in [9.17, 15) is 14.4 Å². The van der Waals surface area contributed by atoms with Gasteiger partial charge in [0, 0.05) is 7.05 Å². The molecular formula is C20H24N4O4. The number of benzene rings is 1. The smallest absolute Gasteiger partial charge is 0.253 e. The Bertz CT molecular complexity index is 850. The average molecular weight is 384 g/mol. The van der Waals surface area contributed by atoms with Crippen LogP contribution in [0, 0.1) is 0 Å². The molecule has 1 fully saturated rings. The summed E-state index contributed by atoms with van der Waals surface area (Å²) in [6, 6.07) is 10.0. The van der Waals surface area contributed by atoms with Gasteiger partial charge in [-0.05, 0) is 43.7 Å². The summed E-state index contributed by atoms with van der Waals surface area (Å²) < 4.78 is 5.22. The van der Waals surface area contributed by atoms with Gasteiger partial charge in [-0.1, -0.05) is 12.1 Å². The molecule has 1 unspecified atom stereocenters. The van der Waals surface area contributed by atoms with E-state index in [1.165, 1.54) is 4.90 Å². The van der Waals surface area contributed by atoms with Crippen molar-refractivity contribution in [1.82, 2.24) is 10.2 Å². The van der Waals surface area contributed by atoms with E-state index in [4.69, 9.17) is 10.2 Å². The minimum Gasteiger partial charge on any atom is -0.467 e. The third-order valence-corrected chi connectivity index (χ3v) is 4.92. The fourth-order valence-corrected chi connectivity index (χ4v) is 3.39. The number of carbonyl (C=O) groups excluding carboxylic acids is 3. The van der Waals surface area contributed by atoms with Crippen molar-refractivity contribution in [2.24, 2.45) is 5.73 Å². The highest BCUT2D eigenvalue weighted by Crippen LogP contribution is 2.21. The molecule has 0 saturated carbocycles. The van der Waals surface area contributed by atoms with Crippen molar-refractivity contribution in [3.05, 3.63) is 54.0 Å². The second-order valence-electron chi connectivity index (χ2n) is 6.76. The lowest BCUT2D eigenvalue weighted by molar-refractivity contribution is -0.124. The van der Waals surface area contributed by atoms with E-state index >= 15 is 0 Å². The molecule has 0 aliphatic carbocycles. The van der Waals surface area contributed by atoms with Crippen molar-refractivity contribution in [1.29, 1.82) is 0 Å². The molecule has 8 heteroatoms. The molecular weight excluding hydrogens is 360 g/mol. The number of anilines is 1. The standard InChI is InChI=1S/C20H24N4O4/c1-23(18(25)13-24-10-4-9-17(24)19(21)26)16-8-3-2-7-15(16)20(27)22-12-14-6-5-11-28-14/h2-3,5-8,11,17H,4,9-10,12-13H2,1H3,(H2,21,26)(H,22,27). The van der Waals surface area contributed by atoms with Crippen molar-refractivity contribution in [2.75, 3.05) is 25.0 Å². The molecule has 1 aromatic heterocycles. The van der Waals surface area contributed by atoms with E-state index in [2.05, 4.69) is 5.32 Å². The van der Waals surface area contributed by atoms with Crippen LogP contribution in [-0.2, 0) is 16.1 Å². The van der Waals surface area contributed by atoms with Crippen molar-refractivity contribution in [2.45, 2.75) is 25.4 Å². The zero-order valence-corrected chi connectivity index (χ0v) is 15.8. The Hall–Kier alpha value is -3.13. The highest BCUT2D eigenvalue weighted by Gasteiger charge is 2.31. The Morgan fingerprint density at radius 1 is 1.25 bits per heavy atom. The number of carbonyl (C=O) groups is 3. The molecule has 0 radical (unpaired) electrons. The van der Waals surface area contributed by atoms with Crippen molar-refractivity contribution >= 4 is 23.4 Å². The predicted molar refractivity (Wildman–Crippen MR) is 104 cm³/mol. The average Bonchev–Trinajstić information content (AvgIpc) is 3.37. The molecule has 1 aromatic carbocycles. The Morgan fingerprint density at radius 2 is 2.04 bits per heavy atom. The number of nitrogens with zero attached hydrogens (tertiary/aromatic N) is 2. The van der Waals surface area contributed by atoms with Crippen LogP contribution in [0.25, 0.3) is 0 Å². The number of primary amides is 1. The van der Waals surface area contributed by atoms with E-state index in [0.717, 1.165) is 6.42 Å². The van der Waals surface area contributed by atoms with Gasteiger partial charge in [0.05, 0.1) is 36.6 Å². The summed E-state index contributed by atoms with van der Waals surface area (Å²) >= 11 is 0. The lowest BCUT2D eigenvalue weighted by atomic mass is 10.1. The van der Waals surface area contributed by atoms with E-state index in [1.54, 1.807) is 54.6 Å². The Kier molecular flexibility index (Phi) is 6.10. The number of furan rings is 1. The van der Waals surface area contributed by atoms with Gasteiger partial charge in [0.25, 0.3) is 5.91 Å². The van der Waals surface area contributed by atoms with E-state index < -0.39 is 11.9 Å². The Morgan fingerprint density at radius 3 is 2.75 bits per heavy atom. The number of hydrogen-bond donors (Lipinski definition) is 2. The zero-order chi connectivity index (χ0) is 20.1. The van der Waals surface area contributed by atoms with Crippen LogP contribution in [-0.4, -0.2) is 48.8 Å². The first kappa shape index (κ1) is 19.6. The fourth-order valence-electron chi connectivity index (χ4n) is 3.39. The molecule has 8 nitrogen and oxygen atoms in total. The van der Waals surface area contributed by atoms with Crippen molar-refractivity contribution in [3.63, 3.8) is 0 Å². The number of para-hydroxylation sites is 1. The summed E-state index contributed by atoms with van der Waals surface area (Å²) in [5.41, 5.74) is 6.31. The van der Waals surface area contributed by atoms with Crippen LogP contribution < -0.4 is 16.0 Å². The monoisotopic (exact) mass is 384 g/mol. The number of likely N-dealkylation sites (N-methyl/N-ethyl adjacent to an activating group) is 1. The van der Waals surface area contributed by atoms with Crippen LogP contribution in [0.5, 0.6) is 0 Å². The molecule has 148 valence electrons. The molecule has 2 heterocycles. The summed E-state index contributed by atoms with van der Waals surface area (Å²) in [6.45, 7) is 0.983. The second-order valence-corrected chi connectivity index (χ2v) is 6.76. The van der Waals surface area contributed by atoms with E-state index in [1.807, 2.05) is 0 Å². The lowest BCUT2D eigenvalue weighted by Gasteiger charge is -2.26. The first-order chi connectivity index (χ1) is 13.5. The molecule has 1 atom stereocenters. The van der Waals surface area contributed by atoms with Crippen LogP contribution >= 0.6 is 0 Å². The van der Waals surface area contributed by atoms with E-state index in [0.29, 0.717) is 30.0 Å². The van der Waals surface area contributed by atoms with Gasteiger partial charge >= 0.3 is 0 Å². The van der Waals surface area contributed by atoms with Crippen LogP contribution in [0.2, 0.25) is 0 Å². The maximum Gasteiger partial charge on any atom is 0.253 e. The van der Waals surface area contributed by atoms with E-state index in [-0.39, 0.29) is 24.9 Å². The topological polar surface area (TPSA) is 109 Å². The molecule has 1 aliphatic heterocycles. The molecule has 1 saturated heterocycles. The SMILES string of the molecule is CN(C(=O)CN1CCCC1C(N)=O)c1ccccc1C(=O)NCc1ccco1. The van der Waals surface area contributed by atoms with Crippen LogP contribution in [0.1, 0.15) is 29.0 Å². The highest BCUT2D eigenvalue weighted by molar-refractivity contribution is 6.05. The number of likely N-dealkylation sites (tertiary alicyclic amines) is 1. The van der Waals surface area contributed by atoms with Gasteiger partial charge < -0.3 is 20.4 Å². The first-order valence-electron chi connectivity index (χ1n) is 9.17. The zero-order valence-electron chi connectivity index (χ0n) is 15.8. The fraction of sp³-hybridized carbons (Fsp3) is 0.350. The third kappa shape index (κ3) is 4.40. The molecule has 0 spiro atoms. The summed E-state index contributed by atoms with van der Waals surface area (Å²) in [4.78, 5) is 40.2. The normalized spacial score (nSPS) is 16.7. The van der Waals surface area contributed by atoms with Gasteiger partial charge in [-0.3, -0.25) is 19.3 Å². The molecule has 0 bridgehead atoms. The van der Waals surface area contributed by atoms with Gasteiger partial charge in [0.1, 0.15) is 5.76 Å². The predicted octanol–water partition coefficient (Wildman–Crippen LogP) is 1.12. The molecule has 28 heavy (non-hydrogen) atoms. The molecule has 3 amide bonds. The van der Waals surface area contributed by atoms with Crippen molar-refractivity contribution in [3.8, 4) is 0 Å². The lowest BCUT2D eigenvalue weighted by Crippen LogP contribution is -2.46. The van der Waals surface area contributed by atoms with Crippen LogP contribution in [0.3, 0.4) is 0 Å². The van der Waals surface area contributed by atoms with Gasteiger partial charge in [-0.25, -0.2) is 0 Å². The molecule has 1 aliphatic rings. The first-order valence-corrected chi connectivity index (χ1v) is 9.17. The van der Waals surface area contributed by atoms with Crippen LogP contribution in [0.15, 0.2) is 47.1 Å². The minimum absolute atomic E-state index is 0.0758. The van der Waals surface area contributed by atoms with Gasteiger partial charge in [-0.2, -0.15) is 0 Å².